The fraction of sp³-hybridized carbons (Fsp3) is 0.857. The number of morpholine rings is 1. The van der Waals surface area contributed by atoms with Gasteiger partial charge in [-0.05, 0) is 32.1 Å². The Morgan fingerprint density at radius 3 is 2.63 bits per heavy atom. The number of nitrogens with one attached hydrogen (secondary N) is 2. The van der Waals surface area contributed by atoms with Crippen LogP contribution in [0.5, 0.6) is 0 Å². The first-order valence-electron chi connectivity index (χ1n) is 11.4. The van der Waals surface area contributed by atoms with Gasteiger partial charge in [0.25, 0.3) is 0 Å². The van der Waals surface area contributed by atoms with Gasteiger partial charge in [-0.3, -0.25) is 4.90 Å². The molecule has 1 atom stereocenters. The highest BCUT2D eigenvalue weighted by molar-refractivity contribution is 14.0. The van der Waals surface area contributed by atoms with Crippen molar-refractivity contribution < 1.29 is 4.74 Å². The van der Waals surface area contributed by atoms with E-state index >= 15 is 0 Å². The molecule has 1 unspecified atom stereocenters. The molecule has 0 aliphatic carbocycles. The zero-order chi connectivity index (χ0) is 20.5. The Labute approximate surface area is 198 Å². The third-order valence-electron chi connectivity index (χ3n) is 5.72. The standard InChI is InChI=1S/C21H39N7O.HI/c1-4-22-21(23-15-18(14-17(2)3)27-10-12-29-13-11-27)24-16-20-26-25-19-8-6-5-7-9-28(19)20;/h17-18H,4-16H2,1-3H3,(H2,22,23,24);1H. The molecule has 1 saturated heterocycles. The number of hydrogen-bond acceptors (Lipinski definition) is 5. The fourth-order valence-electron chi connectivity index (χ4n) is 4.22. The van der Waals surface area contributed by atoms with Crippen molar-refractivity contribution in [2.75, 3.05) is 39.4 Å². The van der Waals surface area contributed by atoms with E-state index in [0.29, 0.717) is 18.5 Å². The molecule has 172 valence electrons. The summed E-state index contributed by atoms with van der Waals surface area (Å²) in [6.07, 6.45) is 5.89. The molecular formula is C21H40IN7O. The highest BCUT2D eigenvalue weighted by Crippen LogP contribution is 2.15. The van der Waals surface area contributed by atoms with Crippen LogP contribution in [0.25, 0.3) is 0 Å². The molecule has 0 radical (unpaired) electrons. The number of aliphatic imine (C=N–C) groups is 1. The molecule has 8 nitrogen and oxygen atoms in total. The van der Waals surface area contributed by atoms with Crippen LogP contribution in [-0.4, -0.2) is 71.1 Å². The van der Waals surface area contributed by atoms with Crippen LogP contribution in [0.4, 0.5) is 0 Å². The summed E-state index contributed by atoms with van der Waals surface area (Å²) in [5.74, 6) is 3.62. The predicted octanol–water partition coefficient (Wildman–Crippen LogP) is 2.42. The Balaban J connectivity index is 0.00000320. The first kappa shape index (κ1) is 25.3. The molecule has 0 amide bonds. The second-order valence-electron chi connectivity index (χ2n) is 8.50. The lowest BCUT2D eigenvalue weighted by atomic mass is 10.0. The molecule has 1 aromatic heterocycles. The van der Waals surface area contributed by atoms with Crippen molar-refractivity contribution in [2.24, 2.45) is 10.9 Å². The van der Waals surface area contributed by atoms with E-state index < -0.39 is 0 Å². The predicted molar refractivity (Wildman–Crippen MR) is 131 cm³/mol. The van der Waals surface area contributed by atoms with Crippen molar-refractivity contribution in [3.05, 3.63) is 11.6 Å². The van der Waals surface area contributed by atoms with Crippen LogP contribution in [0.2, 0.25) is 0 Å². The molecule has 2 aliphatic rings. The van der Waals surface area contributed by atoms with Crippen LogP contribution < -0.4 is 10.6 Å². The van der Waals surface area contributed by atoms with Crippen LogP contribution in [0.3, 0.4) is 0 Å². The van der Waals surface area contributed by atoms with Crippen LogP contribution >= 0.6 is 24.0 Å². The summed E-state index contributed by atoms with van der Waals surface area (Å²) < 4.78 is 7.81. The van der Waals surface area contributed by atoms with Crippen LogP contribution in [0.1, 0.15) is 58.1 Å². The number of guanidine groups is 1. The van der Waals surface area contributed by atoms with E-state index in [9.17, 15) is 0 Å². The number of halogens is 1. The van der Waals surface area contributed by atoms with Crippen molar-refractivity contribution in [3.63, 3.8) is 0 Å². The molecule has 3 heterocycles. The van der Waals surface area contributed by atoms with Gasteiger partial charge in [-0.1, -0.05) is 20.3 Å². The lowest BCUT2D eigenvalue weighted by Crippen LogP contribution is -2.51. The first-order valence-corrected chi connectivity index (χ1v) is 11.4. The number of aryl methyl sites for hydroxylation is 1. The smallest absolute Gasteiger partial charge is 0.191 e. The summed E-state index contributed by atoms with van der Waals surface area (Å²) >= 11 is 0. The van der Waals surface area contributed by atoms with Crippen molar-refractivity contribution in [1.82, 2.24) is 30.3 Å². The highest BCUT2D eigenvalue weighted by atomic mass is 127. The molecule has 1 fully saturated rings. The molecule has 3 rings (SSSR count). The van der Waals surface area contributed by atoms with Gasteiger partial charge in [0.05, 0.1) is 13.2 Å². The maximum absolute atomic E-state index is 5.54. The Hall–Kier alpha value is -0.940. The summed E-state index contributed by atoms with van der Waals surface area (Å²) in [5.41, 5.74) is 0. The van der Waals surface area contributed by atoms with Gasteiger partial charge in [0, 0.05) is 45.2 Å². The molecule has 1 aromatic rings. The van der Waals surface area contributed by atoms with Crippen molar-refractivity contribution in [1.29, 1.82) is 0 Å². The van der Waals surface area contributed by atoms with E-state index in [1.807, 2.05) is 0 Å². The number of hydrogen-bond donors (Lipinski definition) is 2. The quantitative estimate of drug-likeness (QED) is 0.304. The zero-order valence-corrected chi connectivity index (χ0v) is 21.2. The summed E-state index contributed by atoms with van der Waals surface area (Å²) in [5, 5.41) is 15.8. The monoisotopic (exact) mass is 533 g/mol. The van der Waals surface area contributed by atoms with E-state index in [-0.39, 0.29) is 24.0 Å². The summed E-state index contributed by atoms with van der Waals surface area (Å²) in [6, 6.07) is 0.493. The van der Waals surface area contributed by atoms with Gasteiger partial charge in [-0.15, -0.1) is 34.2 Å². The van der Waals surface area contributed by atoms with Crippen molar-refractivity contribution in [2.45, 2.75) is 72.0 Å². The van der Waals surface area contributed by atoms with Gasteiger partial charge >= 0.3 is 0 Å². The fourth-order valence-corrected chi connectivity index (χ4v) is 4.22. The minimum Gasteiger partial charge on any atom is -0.379 e. The van der Waals surface area contributed by atoms with Gasteiger partial charge < -0.3 is 19.9 Å². The van der Waals surface area contributed by atoms with E-state index in [0.717, 1.165) is 70.0 Å². The van der Waals surface area contributed by atoms with Gasteiger partial charge in [0.1, 0.15) is 12.4 Å². The minimum absolute atomic E-state index is 0. The average molecular weight is 534 g/mol. The van der Waals surface area contributed by atoms with E-state index in [1.165, 1.54) is 25.7 Å². The Morgan fingerprint density at radius 1 is 1.10 bits per heavy atom. The Morgan fingerprint density at radius 2 is 1.90 bits per heavy atom. The average Bonchev–Trinajstić information content (AvgIpc) is 2.95. The summed E-state index contributed by atoms with van der Waals surface area (Å²) in [6.45, 7) is 13.7. The SMILES string of the molecule is CCNC(=NCc1nnc2n1CCCCC2)NCC(CC(C)C)N1CCOCC1.I. The van der Waals surface area contributed by atoms with Crippen molar-refractivity contribution in [3.8, 4) is 0 Å². The molecule has 2 N–H and O–H groups in total. The van der Waals surface area contributed by atoms with Gasteiger partial charge in [-0.25, -0.2) is 4.99 Å². The molecule has 0 saturated carbocycles. The van der Waals surface area contributed by atoms with E-state index in [2.05, 4.69) is 51.1 Å². The zero-order valence-electron chi connectivity index (χ0n) is 18.9. The number of nitrogens with zero attached hydrogens (tertiary/aromatic N) is 5. The molecule has 2 aliphatic heterocycles. The summed E-state index contributed by atoms with van der Waals surface area (Å²) in [4.78, 5) is 7.37. The second-order valence-corrected chi connectivity index (χ2v) is 8.50. The van der Waals surface area contributed by atoms with Crippen LogP contribution in [0, 0.1) is 5.92 Å². The van der Waals surface area contributed by atoms with Crippen LogP contribution in [-0.2, 0) is 24.2 Å². The lowest BCUT2D eigenvalue weighted by molar-refractivity contribution is 0.0132. The number of rotatable bonds is 8. The molecular weight excluding hydrogens is 493 g/mol. The third kappa shape index (κ3) is 7.64. The van der Waals surface area contributed by atoms with Crippen LogP contribution in [0.15, 0.2) is 4.99 Å². The second kappa shape index (κ2) is 13.5. The normalized spacial score (nSPS) is 19.0. The maximum atomic E-state index is 5.54. The topological polar surface area (TPSA) is 79.6 Å². The third-order valence-corrected chi connectivity index (χ3v) is 5.72. The molecule has 9 heteroatoms. The van der Waals surface area contributed by atoms with Gasteiger partial charge in [0.2, 0.25) is 0 Å². The number of ether oxygens (including phenoxy) is 1. The Bertz CT molecular complexity index is 643. The highest BCUT2D eigenvalue weighted by Gasteiger charge is 2.22. The maximum Gasteiger partial charge on any atom is 0.191 e. The largest absolute Gasteiger partial charge is 0.379 e. The molecule has 0 aromatic carbocycles. The van der Waals surface area contributed by atoms with E-state index in [1.54, 1.807) is 0 Å². The first-order chi connectivity index (χ1) is 14.2. The van der Waals surface area contributed by atoms with E-state index in [4.69, 9.17) is 9.73 Å². The number of fused-ring (bicyclic) bond motifs is 1. The minimum atomic E-state index is 0. The number of aromatic nitrogens is 3. The van der Waals surface area contributed by atoms with Gasteiger partial charge in [0.15, 0.2) is 11.8 Å². The lowest BCUT2D eigenvalue weighted by Gasteiger charge is -2.35. The molecule has 0 spiro atoms. The molecule has 0 bridgehead atoms. The summed E-state index contributed by atoms with van der Waals surface area (Å²) in [7, 11) is 0. The van der Waals surface area contributed by atoms with Crippen molar-refractivity contribution >= 4 is 29.9 Å². The van der Waals surface area contributed by atoms with Gasteiger partial charge in [-0.2, -0.15) is 0 Å². The molecule has 30 heavy (non-hydrogen) atoms. The Kier molecular flexibility index (Phi) is 11.4.